The van der Waals surface area contributed by atoms with Crippen LogP contribution in [0.2, 0.25) is 0 Å². The number of rotatable bonds is 6. The molecule has 19 heavy (non-hydrogen) atoms. The van der Waals surface area contributed by atoms with E-state index in [9.17, 15) is 13.2 Å². The Bertz CT molecular complexity index is 557. The maximum atomic E-state index is 11.9. The number of hydrogen-bond donors (Lipinski definition) is 2. The molecule has 106 valence electrons. The maximum Gasteiger partial charge on any atom is 0.321 e. The Labute approximate surface area is 121 Å². The van der Waals surface area contributed by atoms with Gasteiger partial charge in [0.25, 0.3) is 0 Å². The van der Waals surface area contributed by atoms with Crippen LogP contribution >= 0.6 is 15.9 Å². The largest absolute Gasteiger partial charge is 0.480 e. The Morgan fingerprint density at radius 1 is 1.42 bits per heavy atom. The van der Waals surface area contributed by atoms with Crippen LogP contribution in [0.5, 0.6) is 0 Å². The second-order valence-electron chi connectivity index (χ2n) is 4.57. The van der Waals surface area contributed by atoms with Crippen LogP contribution < -0.4 is 4.72 Å². The first-order valence-corrected chi connectivity index (χ1v) is 8.13. The van der Waals surface area contributed by atoms with Crippen LogP contribution in [0.1, 0.15) is 19.4 Å². The molecule has 0 aliphatic carbocycles. The summed E-state index contributed by atoms with van der Waals surface area (Å²) >= 11 is 3.26. The number of sulfonamides is 1. The molecular formula is C12H16BrNO4S. The number of carbonyl (C=O) groups is 1. The molecule has 0 heterocycles. The van der Waals surface area contributed by atoms with Crippen LogP contribution in [0.15, 0.2) is 28.7 Å². The van der Waals surface area contributed by atoms with E-state index in [1.54, 1.807) is 38.1 Å². The normalized spacial score (nSPS) is 13.5. The molecule has 1 aromatic rings. The van der Waals surface area contributed by atoms with E-state index in [1.807, 2.05) is 0 Å². The molecule has 0 amide bonds. The summed E-state index contributed by atoms with van der Waals surface area (Å²) in [6.45, 7) is 3.31. The van der Waals surface area contributed by atoms with Crippen molar-refractivity contribution in [1.29, 1.82) is 0 Å². The van der Waals surface area contributed by atoms with Crippen LogP contribution in [0.3, 0.4) is 0 Å². The van der Waals surface area contributed by atoms with Crippen molar-refractivity contribution < 1.29 is 18.3 Å². The van der Waals surface area contributed by atoms with Gasteiger partial charge in [0.1, 0.15) is 6.04 Å². The fourth-order valence-electron chi connectivity index (χ4n) is 1.55. The molecule has 0 fully saturated rings. The average Bonchev–Trinajstić information content (AvgIpc) is 2.24. The van der Waals surface area contributed by atoms with Gasteiger partial charge in [0, 0.05) is 4.47 Å². The smallest absolute Gasteiger partial charge is 0.321 e. The van der Waals surface area contributed by atoms with Crippen molar-refractivity contribution in [3.63, 3.8) is 0 Å². The van der Waals surface area contributed by atoms with Crippen molar-refractivity contribution in [2.45, 2.75) is 25.6 Å². The molecule has 1 aromatic carbocycles. The molecule has 0 bridgehead atoms. The van der Waals surface area contributed by atoms with Crippen LogP contribution in [0.25, 0.3) is 0 Å². The highest BCUT2D eigenvalue weighted by molar-refractivity contribution is 9.10. The number of nitrogens with one attached hydrogen (secondary N) is 1. The Morgan fingerprint density at radius 3 is 2.53 bits per heavy atom. The van der Waals surface area contributed by atoms with Crippen LogP contribution in [-0.2, 0) is 20.6 Å². The number of aliphatic carboxylic acids is 1. The molecule has 0 aliphatic heterocycles. The zero-order valence-electron chi connectivity index (χ0n) is 10.6. The fourth-order valence-corrected chi connectivity index (χ4v) is 3.46. The third-order valence-corrected chi connectivity index (χ3v) is 4.30. The molecule has 0 aromatic heterocycles. The van der Waals surface area contributed by atoms with Gasteiger partial charge in [0.05, 0.1) is 5.75 Å². The van der Waals surface area contributed by atoms with Gasteiger partial charge in [0.15, 0.2) is 0 Å². The minimum atomic E-state index is -3.69. The standard InChI is InChI=1S/C12H16BrNO4S/c1-8(2)11(12(15)16)14-19(17,18)7-9-4-3-5-10(13)6-9/h3-6,8,11,14H,7H2,1-2H3,(H,15,16). The molecular weight excluding hydrogens is 334 g/mol. The summed E-state index contributed by atoms with van der Waals surface area (Å²) in [6.07, 6.45) is 0. The van der Waals surface area contributed by atoms with E-state index in [2.05, 4.69) is 20.7 Å². The summed E-state index contributed by atoms with van der Waals surface area (Å²) in [6, 6.07) is 5.76. The third-order valence-electron chi connectivity index (χ3n) is 2.48. The Balaban J connectivity index is 2.84. The van der Waals surface area contributed by atoms with E-state index in [1.165, 1.54) is 0 Å². The van der Waals surface area contributed by atoms with E-state index in [0.29, 0.717) is 5.56 Å². The highest BCUT2D eigenvalue weighted by atomic mass is 79.9. The number of hydrogen-bond acceptors (Lipinski definition) is 3. The summed E-state index contributed by atoms with van der Waals surface area (Å²) in [5.41, 5.74) is 0.592. The molecule has 0 saturated carbocycles. The van der Waals surface area contributed by atoms with Crippen molar-refractivity contribution in [2.75, 3.05) is 0 Å². The molecule has 5 nitrogen and oxygen atoms in total. The molecule has 7 heteroatoms. The lowest BCUT2D eigenvalue weighted by Gasteiger charge is -2.18. The van der Waals surface area contributed by atoms with Gasteiger partial charge >= 0.3 is 5.97 Å². The molecule has 1 unspecified atom stereocenters. The molecule has 2 N–H and O–H groups in total. The Hall–Kier alpha value is -0.920. The SMILES string of the molecule is CC(C)C(NS(=O)(=O)Cc1cccc(Br)c1)C(=O)O. The van der Waals surface area contributed by atoms with E-state index >= 15 is 0 Å². The fraction of sp³-hybridized carbons (Fsp3) is 0.417. The maximum absolute atomic E-state index is 11.9. The molecule has 0 spiro atoms. The van der Waals surface area contributed by atoms with Gasteiger partial charge < -0.3 is 5.11 Å². The van der Waals surface area contributed by atoms with E-state index < -0.39 is 22.0 Å². The first-order valence-electron chi connectivity index (χ1n) is 5.68. The number of benzene rings is 1. The average molecular weight is 350 g/mol. The van der Waals surface area contributed by atoms with Gasteiger partial charge in [-0.05, 0) is 23.6 Å². The van der Waals surface area contributed by atoms with Gasteiger partial charge in [0.2, 0.25) is 10.0 Å². The highest BCUT2D eigenvalue weighted by Crippen LogP contribution is 2.14. The van der Waals surface area contributed by atoms with Crippen LogP contribution in [0.4, 0.5) is 0 Å². The molecule has 0 radical (unpaired) electrons. The first kappa shape index (κ1) is 16.1. The van der Waals surface area contributed by atoms with E-state index in [4.69, 9.17) is 5.11 Å². The highest BCUT2D eigenvalue weighted by Gasteiger charge is 2.26. The Morgan fingerprint density at radius 2 is 2.05 bits per heavy atom. The summed E-state index contributed by atoms with van der Waals surface area (Å²) in [7, 11) is -3.69. The number of carboxylic acid groups (broad SMARTS) is 1. The summed E-state index contributed by atoms with van der Waals surface area (Å²) in [4.78, 5) is 11.0. The van der Waals surface area contributed by atoms with Crippen LogP contribution in [-0.4, -0.2) is 25.5 Å². The first-order chi connectivity index (χ1) is 8.71. The molecule has 0 aliphatic rings. The zero-order chi connectivity index (χ0) is 14.6. The van der Waals surface area contributed by atoms with E-state index in [0.717, 1.165) is 4.47 Å². The van der Waals surface area contributed by atoms with E-state index in [-0.39, 0.29) is 11.7 Å². The molecule has 1 atom stereocenters. The third kappa shape index (κ3) is 5.30. The molecule has 1 rings (SSSR count). The lowest BCUT2D eigenvalue weighted by molar-refractivity contribution is -0.140. The van der Waals surface area contributed by atoms with Gasteiger partial charge in [-0.15, -0.1) is 0 Å². The summed E-state index contributed by atoms with van der Waals surface area (Å²) in [5.74, 6) is -1.74. The van der Waals surface area contributed by atoms with Crippen molar-refractivity contribution in [3.8, 4) is 0 Å². The summed E-state index contributed by atoms with van der Waals surface area (Å²) < 4.78 is 26.9. The van der Waals surface area contributed by atoms with Gasteiger partial charge in [-0.2, -0.15) is 0 Å². The summed E-state index contributed by atoms with van der Waals surface area (Å²) in [5, 5.41) is 8.98. The minimum Gasteiger partial charge on any atom is -0.480 e. The quantitative estimate of drug-likeness (QED) is 0.822. The topological polar surface area (TPSA) is 83.5 Å². The monoisotopic (exact) mass is 349 g/mol. The van der Waals surface area contributed by atoms with Crippen molar-refractivity contribution in [2.24, 2.45) is 5.92 Å². The lowest BCUT2D eigenvalue weighted by Crippen LogP contribution is -2.44. The second kappa shape index (κ2) is 6.49. The second-order valence-corrected chi connectivity index (χ2v) is 7.24. The number of carboxylic acids is 1. The van der Waals surface area contributed by atoms with Gasteiger partial charge in [-0.3, -0.25) is 4.79 Å². The lowest BCUT2D eigenvalue weighted by atomic mass is 10.1. The Kier molecular flexibility index (Phi) is 5.51. The molecule has 0 saturated heterocycles. The van der Waals surface area contributed by atoms with Gasteiger partial charge in [-0.1, -0.05) is 41.9 Å². The van der Waals surface area contributed by atoms with Crippen molar-refractivity contribution in [1.82, 2.24) is 4.72 Å². The van der Waals surface area contributed by atoms with Crippen molar-refractivity contribution >= 4 is 31.9 Å². The van der Waals surface area contributed by atoms with Crippen molar-refractivity contribution in [3.05, 3.63) is 34.3 Å². The van der Waals surface area contributed by atoms with Crippen LogP contribution in [0, 0.1) is 5.92 Å². The minimum absolute atomic E-state index is 0.247. The van der Waals surface area contributed by atoms with Gasteiger partial charge in [-0.25, -0.2) is 13.1 Å². The number of halogens is 1. The zero-order valence-corrected chi connectivity index (χ0v) is 13.0. The predicted molar refractivity (Wildman–Crippen MR) is 76.2 cm³/mol. The predicted octanol–water partition coefficient (Wildman–Crippen LogP) is 1.98.